The smallest absolute Gasteiger partial charge is 0.167 e. The van der Waals surface area contributed by atoms with Crippen molar-refractivity contribution >= 4 is 33.0 Å². The molecule has 0 unspecified atom stereocenters. The van der Waals surface area contributed by atoms with Crippen LogP contribution < -0.4 is 0 Å². The molecule has 8 N–H and O–H groups in total. The maximum Gasteiger partial charge on any atom is 0.167 e. The molecule has 0 fully saturated rings. The Morgan fingerprint density at radius 2 is 0.846 bits per heavy atom. The fourth-order valence-electron chi connectivity index (χ4n) is 7.98. The van der Waals surface area contributed by atoms with E-state index in [2.05, 4.69) is 0 Å². The number of fused-ring (bicyclic) bond motifs is 2. The van der Waals surface area contributed by atoms with Gasteiger partial charge in [-0.2, -0.15) is 0 Å². The first-order valence-corrected chi connectivity index (χ1v) is 17.4. The van der Waals surface area contributed by atoms with E-state index < -0.39 is 23.0 Å². The molecule has 0 spiro atoms. The number of hydrogen-bond acceptors (Lipinski definition) is 8. The second-order valence-corrected chi connectivity index (χ2v) is 14.2. The maximum absolute atomic E-state index is 12.5. The molecule has 0 aliphatic carbocycles. The molecular formula is C44H44N2O6. The first kappa shape index (κ1) is 35.8. The second kappa shape index (κ2) is 13.6. The standard InChI is InChI=1S/C44H44N2O6/c1-21(2)33-23(5)35(43(51)37-27(33)19-31(47)41(49)39(37)29(45)17-25-13-9-7-10-14-25)36-24(6)34(22(3)4)28-20-32(48)42(50)40(38(28)44(36)52)30(46)18-26-15-11-8-12-16-26/h7-16,19-22,45-52H,17-18H2,1-6H3. The lowest BCUT2D eigenvalue weighted by Crippen LogP contribution is -2.09. The van der Waals surface area contributed by atoms with Crippen LogP contribution in [0.15, 0.2) is 72.8 Å². The lowest BCUT2D eigenvalue weighted by Gasteiger charge is -2.27. The molecule has 8 nitrogen and oxygen atoms in total. The predicted molar refractivity (Wildman–Crippen MR) is 208 cm³/mol. The van der Waals surface area contributed by atoms with Gasteiger partial charge in [0, 0.05) is 46.2 Å². The number of nitrogens with one attached hydrogen (secondary N) is 2. The number of aromatic hydroxyl groups is 6. The van der Waals surface area contributed by atoms with Crippen molar-refractivity contribution in [2.75, 3.05) is 0 Å². The van der Waals surface area contributed by atoms with Gasteiger partial charge in [0.25, 0.3) is 0 Å². The Hall–Kier alpha value is -6.02. The summed E-state index contributed by atoms with van der Waals surface area (Å²) in [5.41, 5.74) is 4.75. The van der Waals surface area contributed by atoms with E-state index in [1.54, 1.807) is 0 Å². The highest BCUT2D eigenvalue weighted by atomic mass is 16.3. The summed E-state index contributed by atoms with van der Waals surface area (Å²) in [4.78, 5) is 0. The van der Waals surface area contributed by atoms with E-state index in [9.17, 15) is 41.5 Å². The van der Waals surface area contributed by atoms with Crippen LogP contribution in [0.5, 0.6) is 34.5 Å². The Balaban J connectivity index is 1.77. The van der Waals surface area contributed by atoms with E-state index in [0.29, 0.717) is 21.9 Å². The van der Waals surface area contributed by atoms with Crippen molar-refractivity contribution in [2.45, 2.75) is 66.2 Å². The number of phenols is 6. The summed E-state index contributed by atoms with van der Waals surface area (Å²) < 4.78 is 0. The molecule has 0 atom stereocenters. The average Bonchev–Trinajstić information content (AvgIpc) is 3.08. The third-order valence-corrected chi connectivity index (χ3v) is 10.1. The summed E-state index contributed by atoms with van der Waals surface area (Å²) in [7, 11) is 0. The minimum Gasteiger partial charge on any atom is -0.507 e. The van der Waals surface area contributed by atoms with E-state index in [-0.39, 0.29) is 80.6 Å². The van der Waals surface area contributed by atoms with Crippen LogP contribution in [0.1, 0.15) is 84.0 Å². The van der Waals surface area contributed by atoms with Crippen molar-refractivity contribution < 1.29 is 30.6 Å². The van der Waals surface area contributed by atoms with Gasteiger partial charge >= 0.3 is 0 Å². The summed E-state index contributed by atoms with van der Waals surface area (Å²) in [6.45, 7) is 11.5. The van der Waals surface area contributed by atoms with Gasteiger partial charge in [-0.15, -0.1) is 0 Å². The molecule has 0 amide bonds. The molecule has 0 heterocycles. The lowest BCUT2D eigenvalue weighted by molar-refractivity contribution is 0.403. The molecule has 0 aliphatic heterocycles. The Kier molecular flexibility index (Phi) is 9.36. The molecular weight excluding hydrogens is 652 g/mol. The van der Waals surface area contributed by atoms with Gasteiger partial charge < -0.3 is 41.5 Å². The zero-order valence-electron chi connectivity index (χ0n) is 30.2. The summed E-state index contributed by atoms with van der Waals surface area (Å²) >= 11 is 0. The van der Waals surface area contributed by atoms with Crippen molar-refractivity contribution in [3.63, 3.8) is 0 Å². The van der Waals surface area contributed by atoms with Crippen LogP contribution in [0.2, 0.25) is 0 Å². The molecule has 266 valence electrons. The van der Waals surface area contributed by atoms with E-state index in [0.717, 1.165) is 22.3 Å². The van der Waals surface area contributed by atoms with Gasteiger partial charge in [-0.1, -0.05) is 88.4 Å². The highest BCUT2D eigenvalue weighted by molar-refractivity contribution is 6.20. The molecule has 52 heavy (non-hydrogen) atoms. The van der Waals surface area contributed by atoms with Crippen molar-refractivity contribution in [3.05, 3.63) is 117 Å². The molecule has 0 saturated heterocycles. The van der Waals surface area contributed by atoms with Gasteiger partial charge in [0.1, 0.15) is 11.5 Å². The Morgan fingerprint density at radius 1 is 0.519 bits per heavy atom. The number of rotatable bonds is 9. The zero-order chi connectivity index (χ0) is 37.8. The highest BCUT2D eigenvalue weighted by Crippen LogP contribution is 2.55. The third kappa shape index (κ3) is 5.84. The van der Waals surface area contributed by atoms with Crippen LogP contribution >= 0.6 is 0 Å². The Bertz CT molecular complexity index is 2240. The van der Waals surface area contributed by atoms with Gasteiger partial charge in [0.05, 0.1) is 11.1 Å². The van der Waals surface area contributed by atoms with Gasteiger partial charge in [-0.25, -0.2) is 0 Å². The number of phenolic OH excluding ortho intramolecular Hbond substituents is 6. The maximum atomic E-state index is 12.5. The van der Waals surface area contributed by atoms with E-state index >= 15 is 0 Å². The quantitative estimate of drug-likeness (QED) is 0.0553. The van der Waals surface area contributed by atoms with Crippen LogP contribution in [0.4, 0.5) is 0 Å². The largest absolute Gasteiger partial charge is 0.507 e. The minimum absolute atomic E-state index is 0.0191. The second-order valence-electron chi connectivity index (χ2n) is 14.2. The average molecular weight is 697 g/mol. The Morgan fingerprint density at radius 3 is 1.15 bits per heavy atom. The number of benzene rings is 6. The fraction of sp³-hybridized carbons (Fsp3) is 0.227. The SMILES string of the molecule is Cc1c(-c2c(C)c(C(C)C)c3cc(O)c(O)c(C(=N)Cc4ccccc4)c3c2O)c(O)c2c(C(=N)Cc3ccccc3)c(O)c(O)cc2c1C(C)C. The summed E-state index contributed by atoms with van der Waals surface area (Å²) in [5, 5.41) is 89.3. The minimum atomic E-state index is -0.535. The van der Waals surface area contributed by atoms with Gasteiger partial charge in [0.15, 0.2) is 23.0 Å². The van der Waals surface area contributed by atoms with Gasteiger partial charge in [-0.3, -0.25) is 0 Å². The summed E-state index contributed by atoms with van der Waals surface area (Å²) in [6.07, 6.45) is 0.222. The monoisotopic (exact) mass is 696 g/mol. The zero-order valence-corrected chi connectivity index (χ0v) is 30.2. The van der Waals surface area contributed by atoms with Crippen molar-refractivity contribution in [1.82, 2.24) is 0 Å². The van der Waals surface area contributed by atoms with Crippen molar-refractivity contribution in [3.8, 4) is 45.6 Å². The summed E-state index contributed by atoms with van der Waals surface area (Å²) in [5.74, 6) is -2.82. The third-order valence-electron chi connectivity index (χ3n) is 10.1. The van der Waals surface area contributed by atoms with Gasteiger partial charge in [0.2, 0.25) is 0 Å². The van der Waals surface area contributed by atoms with E-state index in [1.165, 1.54) is 12.1 Å². The van der Waals surface area contributed by atoms with Crippen LogP contribution in [-0.2, 0) is 12.8 Å². The first-order chi connectivity index (χ1) is 24.6. The van der Waals surface area contributed by atoms with E-state index in [1.807, 2.05) is 102 Å². The van der Waals surface area contributed by atoms with Crippen LogP contribution in [-0.4, -0.2) is 42.1 Å². The fourth-order valence-corrected chi connectivity index (χ4v) is 7.98. The highest BCUT2D eigenvalue weighted by Gasteiger charge is 2.32. The van der Waals surface area contributed by atoms with Crippen molar-refractivity contribution in [2.24, 2.45) is 0 Å². The van der Waals surface area contributed by atoms with Gasteiger partial charge in [-0.05, 0) is 82.0 Å². The molecule has 6 aromatic rings. The number of hydrogen-bond donors (Lipinski definition) is 8. The lowest BCUT2D eigenvalue weighted by atomic mass is 9.78. The molecule has 6 aromatic carbocycles. The molecule has 0 radical (unpaired) electrons. The first-order valence-electron chi connectivity index (χ1n) is 17.4. The molecule has 0 saturated carbocycles. The van der Waals surface area contributed by atoms with Crippen molar-refractivity contribution in [1.29, 1.82) is 10.8 Å². The normalized spacial score (nSPS) is 11.6. The van der Waals surface area contributed by atoms with Crippen LogP contribution in [0.3, 0.4) is 0 Å². The summed E-state index contributed by atoms with van der Waals surface area (Å²) in [6, 6.07) is 21.4. The Labute approximate surface area is 302 Å². The molecule has 0 aromatic heterocycles. The molecule has 0 aliphatic rings. The van der Waals surface area contributed by atoms with Crippen LogP contribution in [0.25, 0.3) is 32.7 Å². The molecule has 0 bridgehead atoms. The predicted octanol–water partition coefficient (Wildman–Crippen LogP) is 9.98. The van der Waals surface area contributed by atoms with E-state index in [4.69, 9.17) is 0 Å². The molecule has 8 heteroatoms. The molecule has 6 rings (SSSR count). The topological polar surface area (TPSA) is 169 Å². The van der Waals surface area contributed by atoms with Crippen LogP contribution in [0, 0.1) is 24.7 Å².